The number of nitrogens with one attached hydrogen (secondary N) is 2. The van der Waals surface area contributed by atoms with Gasteiger partial charge in [-0.25, -0.2) is 0 Å². The predicted octanol–water partition coefficient (Wildman–Crippen LogP) is 4.37. The zero-order chi connectivity index (χ0) is 25.5. The lowest BCUT2D eigenvalue weighted by molar-refractivity contribution is -0.384. The molecule has 2 aromatic carbocycles. The first-order valence-electron chi connectivity index (χ1n) is 11.2. The Bertz CT molecular complexity index is 1210. The smallest absolute Gasteiger partial charge is 0.271 e. The minimum absolute atomic E-state index is 0.0446. The molecule has 0 bridgehead atoms. The number of rotatable bonds is 10. The molecule has 1 atom stereocenters. The van der Waals surface area contributed by atoms with Crippen molar-refractivity contribution in [3.63, 3.8) is 0 Å². The lowest BCUT2D eigenvalue weighted by Gasteiger charge is -2.22. The molecule has 0 radical (unpaired) electrons. The summed E-state index contributed by atoms with van der Waals surface area (Å²) in [4.78, 5) is 35.8. The number of thioether (sulfide) groups is 1. The number of carbonyl (C=O) groups is 2. The maximum Gasteiger partial charge on any atom is 0.271 e. The van der Waals surface area contributed by atoms with Crippen LogP contribution in [-0.2, 0) is 11.3 Å². The first-order chi connectivity index (χ1) is 16.7. The number of amides is 2. The Balaban J connectivity index is 1.72. The lowest BCUT2D eigenvalue weighted by atomic mass is 10.0. The van der Waals surface area contributed by atoms with Crippen molar-refractivity contribution in [2.75, 3.05) is 11.1 Å². The van der Waals surface area contributed by atoms with Gasteiger partial charge in [0.1, 0.15) is 0 Å². The highest BCUT2D eigenvalue weighted by molar-refractivity contribution is 7.99. The number of nitro benzene ring substituents is 1. The molecule has 3 aromatic rings. The van der Waals surface area contributed by atoms with Crippen molar-refractivity contribution in [3.05, 3.63) is 75.6 Å². The Labute approximate surface area is 207 Å². The van der Waals surface area contributed by atoms with Crippen molar-refractivity contribution >= 4 is 35.0 Å². The maximum absolute atomic E-state index is 12.8. The van der Waals surface area contributed by atoms with Crippen LogP contribution in [0.3, 0.4) is 0 Å². The number of nitrogens with zero attached hydrogens (tertiary/aromatic N) is 4. The van der Waals surface area contributed by atoms with E-state index in [9.17, 15) is 19.7 Å². The zero-order valence-corrected chi connectivity index (χ0v) is 20.8. The standard InChI is InChI=1S/C24H28N6O4S/c1-5-29-22(21(15(2)3)26-23(32)17-9-7-6-8-10-17)27-28-24(29)35-14-20(31)25-19-13-18(30(33)34)12-11-16(19)4/h6-13,15,21H,5,14H2,1-4H3,(H,25,31)(H,26,32)/t21-/m0/s1. The Morgan fingerprint density at radius 3 is 2.49 bits per heavy atom. The molecule has 10 nitrogen and oxygen atoms in total. The maximum atomic E-state index is 12.8. The fourth-order valence-electron chi connectivity index (χ4n) is 3.45. The van der Waals surface area contributed by atoms with Gasteiger partial charge in [-0.1, -0.05) is 49.9 Å². The highest BCUT2D eigenvalue weighted by Crippen LogP contribution is 2.26. The van der Waals surface area contributed by atoms with E-state index < -0.39 is 4.92 Å². The Morgan fingerprint density at radius 1 is 1.14 bits per heavy atom. The molecule has 0 saturated heterocycles. The van der Waals surface area contributed by atoms with E-state index in [4.69, 9.17) is 0 Å². The van der Waals surface area contributed by atoms with Gasteiger partial charge in [0.15, 0.2) is 11.0 Å². The van der Waals surface area contributed by atoms with E-state index in [0.717, 1.165) is 5.56 Å². The molecule has 184 valence electrons. The summed E-state index contributed by atoms with van der Waals surface area (Å²) in [5.74, 6) is 0.196. The van der Waals surface area contributed by atoms with E-state index in [0.29, 0.717) is 28.8 Å². The second kappa shape index (κ2) is 11.6. The minimum Gasteiger partial charge on any atom is -0.342 e. The molecular weight excluding hydrogens is 468 g/mol. The average Bonchev–Trinajstić information content (AvgIpc) is 3.25. The minimum atomic E-state index is -0.503. The third-order valence-corrected chi connectivity index (χ3v) is 6.33. The number of hydrogen-bond donors (Lipinski definition) is 2. The third-order valence-electron chi connectivity index (χ3n) is 5.37. The number of nitro groups is 1. The summed E-state index contributed by atoms with van der Waals surface area (Å²) in [6.45, 7) is 8.25. The van der Waals surface area contributed by atoms with E-state index in [-0.39, 0.29) is 35.2 Å². The molecule has 0 fully saturated rings. The van der Waals surface area contributed by atoms with Gasteiger partial charge in [0, 0.05) is 24.2 Å². The lowest BCUT2D eigenvalue weighted by Crippen LogP contribution is -2.33. The van der Waals surface area contributed by atoms with Gasteiger partial charge in [-0.2, -0.15) is 0 Å². The van der Waals surface area contributed by atoms with Gasteiger partial charge < -0.3 is 15.2 Å². The summed E-state index contributed by atoms with van der Waals surface area (Å²) in [7, 11) is 0. The van der Waals surface area contributed by atoms with Crippen molar-refractivity contribution in [1.29, 1.82) is 0 Å². The van der Waals surface area contributed by atoms with Crippen molar-refractivity contribution < 1.29 is 14.5 Å². The van der Waals surface area contributed by atoms with E-state index in [2.05, 4.69) is 20.8 Å². The molecule has 2 amide bonds. The molecule has 35 heavy (non-hydrogen) atoms. The van der Waals surface area contributed by atoms with Crippen molar-refractivity contribution in [3.8, 4) is 0 Å². The van der Waals surface area contributed by atoms with Crippen LogP contribution >= 0.6 is 11.8 Å². The van der Waals surface area contributed by atoms with Gasteiger partial charge in [-0.3, -0.25) is 19.7 Å². The number of aromatic nitrogens is 3. The van der Waals surface area contributed by atoms with Gasteiger partial charge in [0.2, 0.25) is 5.91 Å². The van der Waals surface area contributed by atoms with Crippen LogP contribution in [0.2, 0.25) is 0 Å². The molecular formula is C24H28N6O4S. The molecule has 11 heteroatoms. The van der Waals surface area contributed by atoms with Crippen LogP contribution in [0.5, 0.6) is 0 Å². The van der Waals surface area contributed by atoms with Gasteiger partial charge >= 0.3 is 0 Å². The van der Waals surface area contributed by atoms with E-state index in [1.807, 2.05) is 43.5 Å². The number of benzene rings is 2. The Kier molecular flexibility index (Phi) is 8.58. The molecule has 0 aliphatic rings. The van der Waals surface area contributed by atoms with Gasteiger partial charge in [0.05, 0.1) is 22.4 Å². The van der Waals surface area contributed by atoms with Crippen LogP contribution in [0, 0.1) is 23.0 Å². The first kappa shape index (κ1) is 25.9. The van der Waals surface area contributed by atoms with Gasteiger partial charge in [-0.05, 0) is 37.5 Å². The summed E-state index contributed by atoms with van der Waals surface area (Å²) in [6, 6.07) is 12.9. The average molecular weight is 497 g/mol. The van der Waals surface area contributed by atoms with Crippen LogP contribution in [0.25, 0.3) is 0 Å². The number of anilines is 1. The first-order valence-corrected chi connectivity index (χ1v) is 12.2. The van der Waals surface area contributed by atoms with Crippen LogP contribution in [0.1, 0.15) is 48.6 Å². The molecule has 0 aliphatic heterocycles. The largest absolute Gasteiger partial charge is 0.342 e. The zero-order valence-electron chi connectivity index (χ0n) is 20.0. The van der Waals surface area contributed by atoms with Gasteiger partial charge in [-0.15, -0.1) is 10.2 Å². The second-order valence-electron chi connectivity index (χ2n) is 8.24. The highest BCUT2D eigenvalue weighted by atomic mass is 32.2. The number of hydrogen-bond acceptors (Lipinski definition) is 7. The highest BCUT2D eigenvalue weighted by Gasteiger charge is 2.26. The molecule has 0 spiro atoms. The Hall–Kier alpha value is -3.73. The molecule has 3 rings (SSSR count). The van der Waals surface area contributed by atoms with Crippen molar-refractivity contribution in [2.24, 2.45) is 5.92 Å². The molecule has 1 aromatic heterocycles. The van der Waals surface area contributed by atoms with Gasteiger partial charge in [0.25, 0.3) is 11.6 Å². The number of aryl methyl sites for hydroxylation is 1. The molecule has 2 N–H and O–H groups in total. The fraction of sp³-hybridized carbons (Fsp3) is 0.333. The number of non-ortho nitro benzene ring substituents is 1. The van der Waals surface area contributed by atoms with Crippen LogP contribution in [-0.4, -0.2) is 37.3 Å². The summed E-state index contributed by atoms with van der Waals surface area (Å²) in [5, 5.41) is 25.9. The van der Waals surface area contributed by atoms with Crippen molar-refractivity contribution in [2.45, 2.75) is 45.4 Å². The van der Waals surface area contributed by atoms with Crippen LogP contribution in [0.4, 0.5) is 11.4 Å². The van der Waals surface area contributed by atoms with Crippen LogP contribution in [0.15, 0.2) is 53.7 Å². The molecule has 0 aliphatic carbocycles. The summed E-state index contributed by atoms with van der Waals surface area (Å²) in [5.41, 5.74) is 1.59. The normalized spacial score (nSPS) is 11.8. The van der Waals surface area contributed by atoms with E-state index >= 15 is 0 Å². The molecule has 0 saturated carbocycles. The second-order valence-corrected chi connectivity index (χ2v) is 9.18. The topological polar surface area (TPSA) is 132 Å². The fourth-order valence-corrected chi connectivity index (χ4v) is 4.26. The van der Waals surface area contributed by atoms with E-state index in [1.54, 1.807) is 25.1 Å². The third kappa shape index (κ3) is 6.44. The molecule has 1 heterocycles. The monoisotopic (exact) mass is 496 g/mol. The predicted molar refractivity (Wildman–Crippen MR) is 134 cm³/mol. The summed E-state index contributed by atoms with van der Waals surface area (Å²) < 4.78 is 1.88. The SMILES string of the molecule is CCn1c(SCC(=O)Nc2cc([N+](=O)[O-])ccc2C)nnc1[C@@H](NC(=O)c1ccccc1)C(C)C. The number of carbonyl (C=O) groups excluding carboxylic acids is 2. The molecule has 0 unspecified atom stereocenters. The van der Waals surface area contributed by atoms with Crippen LogP contribution < -0.4 is 10.6 Å². The van der Waals surface area contributed by atoms with E-state index in [1.165, 1.54) is 23.9 Å². The Morgan fingerprint density at radius 2 is 1.86 bits per heavy atom. The van der Waals surface area contributed by atoms with Crippen molar-refractivity contribution in [1.82, 2.24) is 20.1 Å². The summed E-state index contributed by atoms with van der Waals surface area (Å²) >= 11 is 1.21. The summed E-state index contributed by atoms with van der Waals surface area (Å²) in [6.07, 6.45) is 0. The quantitative estimate of drug-likeness (QED) is 0.242.